The second kappa shape index (κ2) is 3.20. The van der Waals surface area contributed by atoms with Gasteiger partial charge in [0.05, 0.1) is 0 Å². The van der Waals surface area contributed by atoms with Crippen molar-refractivity contribution in [3.63, 3.8) is 0 Å². The van der Waals surface area contributed by atoms with Crippen molar-refractivity contribution in [1.82, 2.24) is 4.90 Å². The van der Waals surface area contributed by atoms with Crippen LogP contribution in [0.15, 0.2) is 0 Å². The summed E-state index contributed by atoms with van der Waals surface area (Å²) in [5, 5.41) is 0. The largest absolute Gasteiger partial charge is 0.335 e. The molecule has 0 bridgehead atoms. The lowest BCUT2D eigenvalue weighted by Crippen LogP contribution is -2.39. The summed E-state index contributed by atoms with van der Waals surface area (Å²) < 4.78 is 12.0. The van der Waals surface area contributed by atoms with E-state index in [1.54, 1.807) is 4.90 Å². The topological polar surface area (TPSA) is 20.3 Å². The number of nitrogens with zero attached hydrogens (tertiary/aromatic N) is 1. The Morgan fingerprint density at radius 3 is 2.27 bits per heavy atom. The van der Waals surface area contributed by atoms with Gasteiger partial charge < -0.3 is 4.90 Å². The van der Waals surface area contributed by atoms with Crippen molar-refractivity contribution < 1.29 is 9.18 Å². The van der Waals surface area contributed by atoms with E-state index >= 15 is 0 Å². The van der Waals surface area contributed by atoms with Crippen molar-refractivity contribution in [3.05, 3.63) is 0 Å². The summed E-state index contributed by atoms with van der Waals surface area (Å²) in [5.74, 6) is -0.359. The second-order valence-electron chi connectivity index (χ2n) is 3.21. The van der Waals surface area contributed by atoms with Crippen LogP contribution in [0, 0.1) is 0 Å². The number of alkyl halides is 1. The van der Waals surface area contributed by atoms with Gasteiger partial charge in [0, 0.05) is 12.1 Å². The van der Waals surface area contributed by atoms with Crippen LogP contribution in [0.25, 0.3) is 0 Å². The zero-order chi connectivity index (χ0) is 8.43. The minimum Gasteiger partial charge on any atom is -0.335 e. The van der Waals surface area contributed by atoms with E-state index in [1.165, 1.54) is 0 Å². The number of halogens is 1. The Kier molecular flexibility index (Phi) is 2.47. The Morgan fingerprint density at radius 2 is 1.91 bits per heavy atom. The van der Waals surface area contributed by atoms with Crippen LogP contribution in [0.4, 0.5) is 4.39 Å². The molecule has 1 amide bonds. The zero-order valence-electron chi connectivity index (χ0n) is 7.01. The summed E-state index contributed by atoms with van der Waals surface area (Å²) >= 11 is 0. The van der Waals surface area contributed by atoms with E-state index in [0.717, 1.165) is 12.8 Å². The van der Waals surface area contributed by atoms with Crippen LogP contribution in [0.3, 0.4) is 0 Å². The number of carbonyl (C=O) groups excluding carboxylic acids is 1. The summed E-state index contributed by atoms with van der Waals surface area (Å²) in [5.41, 5.74) is 0. The number of amides is 1. The highest BCUT2D eigenvalue weighted by atomic mass is 19.1. The van der Waals surface area contributed by atoms with Crippen molar-refractivity contribution in [1.29, 1.82) is 0 Å². The maximum atomic E-state index is 12.0. The lowest BCUT2D eigenvalue weighted by atomic mass is 10.2. The molecule has 0 aromatic rings. The molecule has 11 heavy (non-hydrogen) atoms. The van der Waals surface area contributed by atoms with Crippen molar-refractivity contribution in [3.8, 4) is 0 Å². The third-order valence-electron chi connectivity index (χ3n) is 2.35. The molecular weight excluding hydrogens is 145 g/mol. The lowest BCUT2D eigenvalue weighted by Gasteiger charge is -2.24. The van der Waals surface area contributed by atoms with Crippen LogP contribution in [-0.2, 0) is 4.79 Å². The summed E-state index contributed by atoms with van der Waals surface area (Å²) in [6.07, 6.45) is 2.01. The van der Waals surface area contributed by atoms with Gasteiger partial charge >= 0.3 is 0 Å². The van der Waals surface area contributed by atoms with E-state index in [1.807, 2.05) is 13.8 Å². The van der Waals surface area contributed by atoms with E-state index in [2.05, 4.69) is 0 Å². The minimum atomic E-state index is -0.852. The first-order valence-corrected chi connectivity index (χ1v) is 4.04. The van der Waals surface area contributed by atoms with Gasteiger partial charge in [-0.25, -0.2) is 4.39 Å². The number of carbonyl (C=O) groups is 1. The molecule has 1 aliphatic heterocycles. The molecule has 0 aromatic heterocycles. The molecule has 2 atom stereocenters. The third-order valence-corrected chi connectivity index (χ3v) is 2.35. The first-order valence-electron chi connectivity index (χ1n) is 4.04. The SMILES string of the molecule is C[C@@H]1CC[C@@H](C)N1C(=O)CF. The van der Waals surface area contributed by atoms with Gasteiger partial charge in [-0.15, -0.1) is 0 Å². The lowest BCUT2D eigenvalue weighted by molar-refractivity contribution is -0.134. The smallest absolute Gasteiger partial charge is 0.254 e. The molecule has 0 radical (unpaired) electrons. The van der Waals surface area contributed by atoms with Crippen LogP contribution in [0.1, 0.15) is 26.7 Å². The van der Waals surface area contributed by atoms with Crippen LogP contribution in [-0.4, -0.2) is 29.6 Å². The first-order chi connectivity index (χ1) is 5.16. The Labute approximate surface area is 66.4 Å². The molecule has 0 aliphatic carbocycles. The Bertz CT molecular complexity index is 150. The quantitative estimate of drug-likeness (QED) is 0.565. The molecule has 0 N–H and O–H groups in total. The molecule has 0 unspecified atom stereocenters. The number of rotatable bonds is 1. The maximum absolute atomic E-state index is 12.0. The van der Waals surface area contributed by atoms with Crippen molar-refractivity contribution >= 4 is 5.91 Å². The van der Waals surface area contributed by atoms with Gasteiger partial charge in [0.1, 0.15) is 0 Å². The van der Waals surface area contributed by atoms with Crippen LogP contribution >= 0.6 is 0 Å². The fourth-order valence-corrected chi connectivity index (χ4v) is 1.76. The van der Waals surface area contributed by atoms with Crippen molar-refractivity contribution in [2.45, 2.75) is 38.8 Å². The van der Waals surface area contributed by atoms with Crippen LogP contribution in [0.2, 0.25) is 0 Å². The molecular formula is C8H14FNO. The maximum Gasteiger partial charge on any atom is 0.254 e. The summed E-state index contributed by atoms with van der Waals surface area (Å²) in [7, 11) is 0. The molecule has 3 heteroatoms. The molecule has 64 valence electrons. The predicted molar refractivity (Wildman–Crippen MR) is 41.0 cm³/mol. The molecule has 1 heterocycles. The summed E-state index contributed by atoms with van der Waals surface area (Å²) in [4.78, 5) is 12.6. The minimum absolute atomic E-state index is 0.230. The molecule has 1 fully saturated rings. The van der Waals surface area contributed by atoms with Gasteiger partial charge in [-0.1, -0.05) is 0 Å². The highest BCUT2D eigenvalue weighted by Gasteiger charge is 2.30. The highest BCUT2D eigenvalue weighted by molar-refractivity contribution is 5.78. The molecule has 1 rings (SSSR count). The molecule has 0 aromatic carbocycles. The van der Waals surface area contributed by atoms with Crippen molar-refractivity contribution in [2.24, 2.45) is 0 Å². The molecule has 1 aliphatic rings. The van der Waals surface area contributed by atoms with E-state index in [0.29, 0.717) is 0 Å². The molecule has 2 nitrogen and oxygen atoms in total. The Morgan fingerprint density at radius 1 is 1.45 bits per heavy atom. The monoisotopic (exact) mass is 159 g/mol. The average Bonchev–Trinajstić information content (AvgIpc) is 2.30. The zero-order valence-corrected chi connectivity index (χ0v) is 7.01. The van der Waals surface area contributed by atoms with E-state index in [-0.39, 0.29) is 18.0 Å². The summed E-state index contributed by atoms with van der Waals surface area (Å²) in [6.45, 7) is 3.09. The van der Waals surface area contributed by atoms with Gasteiger partial charge in [0.15, 0.2) is 6.67 Å². The molecule has 0 spiro atoms. The third kappa shape index (κ3) is 1.52. The van der Waals surface area contributed by atoms with Gasteiger partial charge in [-0.05, 0) is 26.7 Å². The van der Waals surface area contributed by atoms with Gasteiger partial charge in [0.25, 0.3) is 5.91 Å². The van der Waals surface area contributed by atoms with Gasteiger partial charge in [-0.2, -0.15) is 0 Å². The number of hydrogen-bond acceptors (Lipinski definition) is 1. The molecule has 1 saturated heterocycles. The van der Waals surface area contributed by atoms with Gasteiger partial charge in [-0.3, -0.25) is 4.79 Å². The van der Waals surface area contributed by atoms with Crippen molar-refractivity contribution in [2.75, 3.05) is 6.67 Å². The highest BCUT2D eigenvalue weighted by Crippen LogP contribution is 2.23. The standard InChI is InChI=1S/C8H14FNO/c1-6-3-4-7(2)10(6)8(11)5-9/h6-7H,3-5H2,1-2H3/t6-,7-/m1/s1. The average molecular weight is 159 g/mol. The fraction of sp³-hybridized carbons (Fsp3) is 0.875. The van der Waals surface area contributed by atoms with E-state index in [4.69, 9.17) is 0 Å². The number of hydrogen-bond donors (Lipinski definition) is 0. The predicted octanol–water partition coefficient (Wildman–Crippen LogP) is 1.36. The Hall–Kier alpha value is -0.600. The van der Waals surface area contributed by atoms with Crippen LogP contribution in [0.5, 0.6) is 0 Å². The number of likely N-dealkylation sites (tertiary alicyclic amines) is 1. The van der Waals surface area contributed by atoms with Gasteiger partial charge in [0.2, 0.25) is 0 Å². The second-order valence-corrected chi connectivity index (χ2v) is 3.21. The normalized spacial score (nSPS) is 31.0. The molecule has 0 saturated carbocycles. The fourth-order valence-electron chi connectivity index (χ4n) is 1.76. The van der Waals surface area contributed by atoms with E-state index < -0.39 is 6.67 Å². The first kappa shape index (κ1) is 8.50. The summed E-state index contributed by atoms with van der Waals surface area (Å²) in [6, 6.07) is 0.460. The van der Waals surface area contributed by atoms with Crippen LogP contribution < -0.4 is 0 Å². The van der Waals surface area contributed by atoms with E-state index in [9.17, 15) is 9.18 Å². The Balaban J connectivity index is 2.60.